The van der Waals surface area contributed by atoms with Crippen molar-refractivity contribution in [1.82, 2.24) is 20.2 Å². The molecule has 10 heteroatoms. The van der Waals surface area contributed by atoms with E-state index in [1.807, 2.05) is 60.0 Å². The summed E-state index contributed by atoms with van der Waals surface area (Å²) in [5.74, 6) is -0.384. The number of aromatic nitrogens is 2. The predicted molar refractivity (Wildman–Crippen MR) is 155 cm³/mol. The minimum atomic E-state index is -0.715. The Morgan fingerprint density at radius 3 is 2.41 bits per heavy atom. The maximum absolute atomic E-state index is 13.5. The van der Waals surface area contributed by atoms with Crippen molar-refractivity contribution in [2.75, 3.05) is 5.32 Å². The first kappa shape index (κ1) is 26.6. The fourth-order valence-electron chi connectivity index (χ4n) is 4.97. The molecule has 1 aliphatic carbocycles. The third kappa shape index (κ3) is 6.28. The fraction of sp³-hybridized carbons (Fsp3) is 0.258. The number of nitrogens with zero attached hydrogens (tertiary/aromatic N) is 3. The summed E-state index contributed by atoms with van der Waals surface area (Å²) in [4.78, 5) is 49.3. The van der Waals surface area contributed by atoms with E-state index in [4.69, 9.17) is 4.74 Å². The molecule has 2 atom stereocenters. The van der Waals surface area contributed by atoms with Crippen LogP contribution in [0.3, 0.4) is 0 Å². The minimum absolute atomic E-state index is 0.0706. The molecule has 0 spiro atoms. The first-order valence-corrected chi connectivity index (χ1v) is 14.5. The maximum atomic E-state index is 13.5. The molecular formula is C31H29N5O4S. The summed E-state index contributed by atoms with van der Waals surface area (Å²) in [6.45, 7) is 0.116. The lowest BCUT2D eigenvalue weighted by Gasteiger charge is -2.29. The number of ether oxygens (including phenoxy) is 1. The normalized spacial score (nSPS) is 18.1. The maximum Gasteiger partial charge on any atom is 0.411 e. The Kier molecular flexibility index (Phi) is 7.73. The van der Waals surface area contributed by atoms with E-state index in [9.17, 15) is 14.4 Å². The smallest absolute Gasteiger partial charge is 0.411 e. The number of hydrogen-bond acceptors (Lipinski definition) is 7. The van der Waals surface area contributed by atoms with Gasteiger partial charge in [0.25, 0.3) is 5.91 Å². The van der Waals surface area contributed by atoms with Crippen LogP contribution in [0.1, 0.15) is 53.2 Å². The number of rotatable bonds is 8. The van der Waals surface area contributed by atoms with Gasteiger partial charge < -0.3 is 15.4 Å². The highest BCUT2D eigenvalue weighted by Crippen LogP contribution is 2.37. The van der Waals surface area contributed by atoms with Crippen LogP contribution in [0.25, 0.3) is 11.3 Å². The van der Waals surface area contributed by atoms with Gasteiger partial charge in [0.05, 0.1) is 11.7 Å². The quantitative estimate of drug-likeness (QED) is 0.288. The van der Waals surface area contributed by atoms with Crippen LogP contribution >= 0.6 is 11.3 Å². The molecule has 4 aromatic rings. The van der Waals surface area contributed by atoms with Gasteiger partial charge in [-0.05, 0) is 61.1 Å². The highest BCUT2D eigenvalue weighted by molar-refractivity contribution is 7.14. The van der Waals surface area contributed by atoms with Gasteiger partial charge in [-0.3, -0.25) is 19.5 Å². The van der Waals surface area contributed by atoms with Crippen LogP contribution in [0.4, 0.5) is 9.93 Å². The summed E-state index contributed by atoms with van der Waals surface area (Å²) < 4.78 is 5.66. The number of hydrogen-bond donors (Lipinski definition) is 2. The van der Waals surface area contributed by atoms with E-state index in [1.54, 1.807) is 24.5 Å². The molecule has 3 amide bonds. The average Bonchev–Trinajstić information content (AvgIpc) is 3.51. The third-order valence-electron chi connectivity index (χ3n) is 7.28. The molecule has 1 aliphatic heterocycles. The van der Waals surface area contributed by atoms with Crippen LogP contribution in [-0.2, 0) is 16.1 Å². The van der Waals surface area contributed by atoms with E-state index in [0.29, 0.717) is 35.3 Å². The fourth-order valence-corrected chi connectivity index (χ4v) is 5.69. The molecule has 1 saturated carbocycles. The van der Waals surface area contributed by atoms with Crippen LogP contribution in [-0.4, -0.2) is 44.9 Å². The van der Waals surface area contributed by atoms with Crippen LogP contribution < -0.4 is 10.6 Å². The van der Waals surface area contributed by atoms with Gasteiger partial charge in [0, 0.05) is 34.9 Å². The van der Waals surface area contributed by atoms with Gasteiger partial charge >= 0.3 is 6.09 Å². The number of carbonyl (C=O) groups is 3. The van der Waals surface area contributed by atoms with Gasteiger partial charge in [0.2, 0.25) is 5.91 Å². The van der Waals surface area contributed by atoms with Crippen molar-refractivity contribution in [1.29, 1.82) is 0 Å². The van der Waals surface area contributed by atoms with E-state index in [0.717, 1.165) is 29.5 Å². The van der Waals surface area contributed by atoms with Gasteiger partial charge in [0.1, 0.15) is 12.6 Å². The third-order valence-corrected chi connectivity index (χ3v) is 8.04. The molecule has 2 aromatic carbocycles. The molecule has 208 valence electrons. The van der Waals surface area contributed by atoms with Crippen LogP contribution in [0.5, 0.6) is 0 Å². The van der Waals surface area contributed by atoms with Crippen LogP contribution in [0, 0.1) is 0 Å². The predicted octanol–water partition coefficient (Wildman–Crippen LogP) is 5.58. The molecule has 2 aliphatic rings. The van der Waals surface area contributed by atoms with Crippen molar-refractivity contribution in [3.05, 3.63) is 101 Å². The van der Waals surface area contributed by atoms with Crippen molar-refractivity contribution in [3.63, 3.8) is 0 Å². The zero-order chi connectivity index (χ0) is 28.2. The summed E-state index contributed by atoms with van der Waals surface area (Å²) >= 11 is 1.31. The van der Waals surface area contributed by atoms with E-state index in [-0.39, 0.29) is 24.5 Å². The minimum Gasteiger partial charge on any atom is -0.445 e. The molecule has 6 rings (SSSR count). The SMILES string of the molecule is O=C(NC1CC1)c1ccc(-c2csc(NC(=O)C3CCC(c4ccncc4)N3C(=O)OCc3ccccc3)n2)cc1. The van der Waals surface area contributed by atoms with Crippen molar-refractivity contribution in [2.24, 2.45) is 0 Å². The topological polar surface area (TPSA) is 114 Å². The number of anilines is 1. The molecule has 3 heterocycles. The van der Waals surface area contributed by atoms with E-state index in [2.05, 4.69) is 20.6 Å². The summed E-state index contributed by atoms with van der Waals surface area (Å²) in [5.41, 5.74) is 3.91. The molecule has 9 nitrogen and oxygen atoms in total. The summed E-state index contributed by atoms with van der Waals surface area (Å²) in [5, 5.41) is 8.18. The van der Waals surface area contributed by atoms with E-state index >= 15 is 0 Å². The lowest BCUT2D eigenvalue weighted by molar-refractivity contribution is -0.120. The Morgan fingerprint density at radius 2 is 1.68 bits per heavy atom. The van der Waals surface area contributed by atoms with Crippen molar-refractivity contribution in [3.8, 4) is 11.3 Å². The first-order valence-electron chi connectivity index (χ1n) is 13.6. The molecule has 2 aromatic heterocycles. The molecule has 2 unspecified atom stereocenters. The summed E-state index contributed by atoms with van der Waals surface area (Å²) in [7, 11) is 0. The van der Waals surface area contributed by atoms with E-state index < -0.39 is 12.1 Å². The number of pyridine rings is 1. The molecule has 2 N–H and O–H groups in total. The second-order valence-corrected chi connectivity index (χ2v) is 11.0. The number of amides is 3. The van der Waals surface area contributed by atoms with Crippen molar-refractivity contribution in [2.45, 2.75) is 50.4 Å². The standard InChI is InChI=1S/C31H29N5O4S/c37-28(33-24-10-11-24)23-8-6-21(7-9-23)25-19-41-30(34-25)35-29(38)27-13-12-26(22-14-16-32-17-15-22)36(27)31(39)40-18-20-4-2-1-3-5-20/h1-9,14-17,19,24,26-27H,10-13,18H2,(H,33,37)(H,34,35,38). The zero-order valence-electron chi connectivity index (χ0n) is 22.2. The number of thiazole rings is 1. The lowest BCUT2D eigenvalue weighted by Crippen LogP contribution is -2.44. The highest BCUT2D eigenvalue weighted by Gasteiger charge is 2.43. The second kappa shape index (κ2) is 11.9. The van der Waals surface area contributed by atoms with Gasteiger partial charge in [0.15, 0.2) is 5.13 Å². The number of nitrogens with one attached hydrogen (secondary N) is 2. The lowest BCUT2D eigenvalue weighted by atomic mass is 10.1. The first-order chi connectivity index (χ1) is 20.0. The number of carbonyl (C=O) groups excluding carboxylic acids is 3. The Morgan fingerprint density at radius 1 is 0.927 bits per heavy atom. The Hall–Kier alpha value is -4.57. The zero-order valence-corrected chi connectivity index (χ0v) is 23.0. The van der Waals surface area contributed by atoms with Gasteiger partial charge in [-0.25, -0.2) is 9.78 Å². The molecule has 0 bridgehead atoms. The van der Waals surface area contributed by atoms with Crippen molar-refractivity contribution < 1.29 is 19.1 Å². The second-order valence-electron chi connectivity index (χ2n) is 10.2. The molecule has 41 heavy (non-hydrogen) atoms. The molecular weight excluding hydrogens is 538 g/mol. The average molecular weight is 568 g/mol. The van der Waals surface area contributed by atoms with Gasteiger partial charge in [-0.1, -0.05) is 42.5 Å². The molecule has 1 saturated heterocycles. The van der Waals surface area contributed by atoms with Crippen LogP contribution in [0.2, 0.25) is 0 Å². The Bertz CT molecular complexity index is 1520. The summed E-state index contributed by atoms with van der Waals surface area (Å²) in [6.07, 6.45) is 6.00. The van der Waals surface area contributed by atoms with Gasteiger partial charge in [-0.2, -0.15) is 0 Å². The number of benzene rings is 2. The number of likely N-dealkylation sites (tertiary alicyclic amines) is 1. The van der Waals surface area contributed by atoms with Crippen molar-refractivity contribution >= 4 is 34.4 Å². The largest absolute Gasteiger partial charge is 0.445 e. The molecule has 2 fully saturated rings. The van der Waals surface area contributed by atoms with Gasteiger partial charge in [-0.15, -0.1) is 11.3 Å². The molecule has 0 radical (unpaired) electrons. The Balaban J connectivity index is 1.14. The summed E-state index contributed by atoms with van der Waals surface area (Å²) in [6, 6.07) is 19.7. The van der Waals surface area contributed by atoms with Crippen LogP contribution in [0.15, 0.2) is 84.5 Å². The van der Waals surface area contributed by atoms with E-state index in [1.165, 1.54) is 16.2 Å². The Labute approximate surface area is 241 Å². The monoisotopic (exact) mass is 567 g/mol. The highest BCUT2D eigenvalue weighted by atomic mass is 32.1.